The van der Waals surface area contributed by atoms with Crippen LogP contribution < -0.4 is 5.32 Å². The van der Waals surface area contributed by atoms with E-state index in [2.05, 4.69) is 78.2 Å². The normalized spacial score (nSPS) is 11.2. The number of nitrogens with two attached hydrogens (primary N) is 1. The zero-order chi connectivity index (χ0) is 30.9. The third-order valence-electron chi connectivity index (χ3n) is 7.79. The molecule has 0 unspecified atom stereocenters. The first-order valence-corrected chi connectivity index (χ1v) is 17.4. The summed E-state index contributed by atoms with van der Waals surface area (Å²) in [6.45, 7) is 9.08. The zero-order valence-electron chi connectivity index (χ0n) is 26.4. The molecule has 0 aliphatic rings. The van der Waals surface area contributed by atoms with E-state index in [0.29, 0.717) is 5.92 Å². The highest BCUT2D eigenvalue weighted by Crippen LogP contribution is 2.23. The van der Waals surface area contributed by atoms with Crippen LogP contribution in [-0.4, -0.2) is 33.7 Å². The van der Waals surface area contributed by atoms with E-state index in [1.807, 2.05) is 12.2 Å². The molecule has 0 heterocycles. The van der Waals surface area contributed by atoms with Crippen LogP contribution in [0.2, 0.25) is 0 Å². The van der Waals surface area contributed by atoms with Crippen molar-refractivity contribution in [3.05, 3.63) is 83.9 Å². The maximum absolute atomic E-state index is 9.22. The van der Waals surface area contributed by atoms with E-state index < -0.39 is 10.4 Å². The van der Waals surface area contributed by atoms with Crippen molar-refractivity contribution >= 4 is 22.6 Å². The average Bonchev–Trinajstić information content (AvgIpc) is 2.99. The summed E-state index contributed by atoms with van der Waals surface area (Å²) in [6, 6.07) is 17.9. The fourth-order valence-corrected chi connectivity index (χ4v) is 5.25. The fraction of sp³-hybridized carbons (Fsp3) is 0.556. The molecule has 0 atom stereocenters. The first-order chi connectivity index (χ1) is 20.3. The van der Waals surface area contributed by atoms with E-state index in [-0.39, 0.29) is 0 Å². The quantitative estimate of drug-likeness (QED) is 0.0794. The highest BCUT2D eigenvalue weighted by molar-refractivity contribution is 7.80. The maximum atomic E-state index is 9.22. The van der Waals surface area contributed by atoms with Crippen molar-refractivity contribution in [3.8, 4) is 0 Å². The van der Waals surface area contributed by atoms with Crippen LogP contribution in [0.5, 0.6) is 0 Å². The van der Waals surface area contributed by atoms with Crippen molar-refractivity contribution in [1.29, 1.82) is 0 Å². The Hall–Kier alpha value is -2.25. The Morgan fingerprint density at radius 2 is 1.02 bits per heavy atom. The zero-order valence-corrected chi connectivity index (χ0v) is 27.2. The van der Waals surface area contributed by atoms with Gasteiger partial charge in [0.25, 0.3) is 0 Å². The van der Waals surface area contributed by atoms with Gasteiger partial charge in [0, 0.05) is 0 Å². The molecule has 236 valence electrons. The van der Waals surface area contributed by atoms with Crippen LogP contribution in [0.25, 0.3) is 12.2 Å². The van der Waals surface area contributed by atoms with E-state index in [4.69, 9.17) is 0 Å². The molecule has 0 aromatic heterocycles. The molecular weight excluding hydrogens is 542 g/mol. The number of hydrogen-bond donors (Lipinski definition) is 1. The Morgan fingerprint density at radius 1 is 0.690 bits per heavy atom. The minimum absolute atomic E-state index is 0.703. The molecule has 0 spiro atoms. The van der Waals surface area contributed by atoms with Gasteiger partial charge in [-0.2, -0.15) is 0 Å². The van der Waals surface area contributed by atoms with Crippen molar-refractivity contribution in [3.63, 3.8) is 0 Å². The van der Waals surface area contributed by atoms with Gasteiger partial charge in [-0.3, -0.25) is 4.18 Å². The third-order valence-corrected chi connectivity index (χ3v) is 8.20. The van der Waals surface area contributed by atoms with Crippen molar-refractivity contribution in [2.24, 2.45) is 5.92 Å². The summed E-state index contributed by atoms with van der Waals surface area (Å²) in [5.74, 6) is 0.703. The van der Waals surface area contributed by atoms with Crippen molar-refractivity contribution in [1.82, 2.24) is 0 Å². The summed E-state index contributed by atoms with van der Waals surface area (Å²) in [5.41, 5.74) is 5.31. The maximum Gasteiger partial charge on any atom is 0.217 e. The molecule has 2 N–H and O–H groups in total. The molecule has 0 aliphatic carbocycles. The molecule has 6 heteroatoms. The molecule has 0 amide bonds. The molecule has 42 heavy (non-hydrogen) atoms. The summed E-state index contributed by atoms with van der Waals surface area (Å²) in [6.07, 6.45) is 26.0. The summed E-state index contributed by atoms with van der Waals surface area (Å²) >= 11 is 0. The van der Waals surface area contributed by atoms with Crippen molar-refractivity contribution < 1.29 is 22.5 Å². The van der Waals surface area contributed by atoms with Gasteiger partial charge in [-0.1, -0.05) is 144 Å². The second-order valence-corrected chi connectivity index (χ2v) is 12.5. The van der Waals surface area contributed by atoms with Gasteiger partial charge in [0.15, 0.2) is 0 Å². The first-order valence-electron chi connectivity index (χ1n) is 16.0. The van der Waals surface area contributed by atoms with Crippen LogP contribution in [-0.2, 0) is 27.4 Å². The first kappa shape index (κ1) is 37.8. The van der Waals surface area contributed by atoms with E-state index in [9.17, 15) is 13.0 Å². The Kier molecular flexibility index (Phi) is 21.8. The van der Waals surface area contributed by atoms with Gasteiger partial charge in [-0.15, -0.1) is 0 Å². The molecular formula is C36H57NO4S. The smallest absolute Gasteiger partial charge is 0.217 e. The Labute approximate surface area is 257 Å². The summed E-state index contributed by atoms with van der Waals surface area (Å²) in [7, 11) is -1.43. The molecule has 0 radical (unpaired) electrons. The van der Waals surface area contributed by atoms with Gasteiger partial charge < -0.3 is 9.87 Å². The van der Waals surface area contributed by atoms with Crippen LogP contribution in [0.15, 0.2) is 61.7 Å². The van der Waals surface area contributed by atoms with E-state index in [0.717, 1.165) is 20.0 Å². The Morgan fingerprint density at radius 3 is 1.33 bits per heavy atom. The molecule has 2 rings (SSSR count). The topological polar surface area (TPSA) is 83.0 Å². The molecule has 5 nitrogen and oxygen atoms in total. The molecule has 0 aliphatic heterocycles. The lowest BCUT2D eigenvalue weighted by Gasteiger charge is -2.18. The second kappa shape index (κ2) is 24.2. The number of quaternary nitrogens is 1. The van der Waals surface area contributed by atoms with Crippen LogP contribution in [0.3, 0.4) is 0 Å². The lowest BCUT2D eigenvalue weighted by Crippen LogP contribution is -2.79. The number of benzene rings is 2. The average molecular weight is 600 g/mol. The van der Waals surface area contributed by atoms with Crippen LogP contribution in [0.4, 0.5) is 0 Å². The highest BCUT2D eigenvalue weighted by Gasteiger charge is 2.11. The summed E-state index contributed by atoms with van der Waals surface area (Å²) in [5, 5.41) is 2.30. The minimum Gasteiger partial charge on any atom is -0.726 e. The van der Waals surface area contributed by atoms with Gasteiger partial charge in [-0.25, -0.2) is 8.42 Å². The van der Waals surface area contributed by atoms with Crippen molar-refractivity contribution in [2.75, 3.05) is 20.7 Å². The van der Waals surface area contributed by atoms with Gasteiger partial charge in [0.1, 0.15) is 0 Å². The summed E-state index contributed by atoms with van der Waals surface area (Å²) in [4.78, 5) is 0. The van der Waals surface area contributed by atoms with E-state index >= 15 is 0 Å². The molecule has 0 fully saturated rings. The number of hydrogen-bond acceptors (Lipinski definition) is 4. The van der Waals surface area contributed by atoms with Gasteiger partial charge >= 0.3 is 0 Å². The molecule has 2 aromatic carbocycles. The van der Waals surface area contributed by atoms with Gasteiger partial charge in [0.05, 0.1) is 20.7 Å². The van der Waals surface area contributed by atoms with Crippen LogP contribution in [0, 0.1) is 5.92 Å². The number of unbranched alkanes of at least 4 members (excludes halogenated alkanes) is 12. The van der Waals surface area contributed by atoms with E-state index in [1.54, 1.807) is 0 Å². The molecule has 0 saturated heterocycles. The fourth-order valence-electron chi connectivity index (χ4n) is 5.25. The van der Waals surface area contributed by atoms with E-state index in [1.165, 1.54) is 119 Å². The SMILES string of the molecule is C=Cc1ccc(CC(CCCCCCCCCCCCCCC[NH2+]C)Cc2ccc(C=C)cc2)cc1.COS(=O)(=O)[O-]. The Bertz CT molecular complexity index is 995. The van der Waals surface area contributed by atoms with Crippen molar-refractivity contribution in [2.45, 2.75) is 103 Å². The lowest BCUT2D eigenvalue weighted by molar-refractivity contribution is -0.627. The molecule has 0 saturated carbocycles. The monoisotopic (exact) mass is 599 g/mol. The predicted octanol–water partition coefficient (Wildman–Crippen LogP) is 8.12. The van der Waals surface area contributed by atoms with Crippen LogP contribution >= 0.6 is 0 Å². The third kappa shape index (κ3) is 20.6. The van der Waals surface area contributed by atoms with Gasteiger partial charge in [-0.05, 0) is 60.3 Å². The highest BCUT2D eigenvalue weighted by atomic mass is 32.3. The van der Waals surface area contributed by atoms with Gasteiger partial charge in [0.2, 0.25) is 10.4 Å². The molecule has 2 aromatic rings. The number of rotatable bonds is 23. The van der Waals surface area contributed by atoms with Crippen LogP contribution in [0.1, 0.15) is 112 Å². The minimum atomic E-state index is -4.41. The predicted molar refractivity (Wildman–Crippen MR) is 178 cm³/mol. The lowest BCUT2D eigenvalue weighted by atomic mass is 9.87. The largest absolute Gasteiger partial charge is 0.726 e. The molecule has 0 bridgehead atoms. The summed E-state index contributed by atoms with van der Waals surface area (Å²) < 4.78 is 31.0. The second-order valence-electron chi connectivity index (χ2n) is 11.3. The standard InChI is InChI=1S/C35H53N.CH4O4S/c1-4-31-20-24-33(25-21-31)29-35(30-34-26-22-32(5-2)23-27-34)19-17-15-13-11-9-7-6-8-10-12-14-16-18-28-36-3;1-5-6(2,3)4/h4-5,20-27,35-36H,1-2,6-19,28-30H2,3H3;1H3,(H,2,3,4). The Balaban J connectivity index is 0.00000132.